The van der Waals surface area contributed by atoms with Crippen LogP contribution in [0, 0.1) is 5.92 Å². The summed E-state index contributed by atoms with van der Waals surface area (Å²) in [6.07, 6.45) is 3.91. The van der Waals surface area contributed by atoms with E-state index in [1.165, 1.54) is 0 Å². The van der Waals surface area contributed by atoms with Crippen LogP contribution in [-0.2, 0) is 14.8 Å². The molecule has 0 radical (unpaired) electrons. The van der Waals surface area contributed by atoms with Crippen molar-refractivity contribution in [2.24, 2.45) is 5.92 Å². The normalized spacial score (nSPS) is 17.6. The first-order valence-electron chi connectivity index (χ1n) is 8.10. The Morgan fingerprint density at radius 1 is 1.24 bits per heavy atom. The number of hydrogen-bond donors (Lipinski definition) is 1. The van der Waals surface area contributed by atoms with Crippen LogP contribution in [0.1, 0.15) is 46.5 Å². The van der Waals surface area contributed by atoms with Gasteiger partial charge in [0.05, 0.1) is 12.4 Å². The summed E-state index contributed by atoms with van der Waals surface area (Å²) in [5.74, 6) is 0.785. The van der Waals surface area contributed by atoms with Crippen LogP contribution in [-0.4, -0.2) is 57.4 Å². The molecule has 1 N–H and O–H groups in total. The van der Waals surface area contributed by atoms with E-state index in [9.17, 15) is 8.42 Å². The van der Waals surface area contributed by atoms with Gasteiger partial charge in [0.25, 0.3) is 0 Å². The van der Waals surface area contributed by atoms with E-state index in [-0.39, 0.29) is 11.8 Å². The third-order valence-corrected chi connectivity index (χ3v) is 6.05. The van der Waals surface area contributed by atoms with Crippen LogP contribution in [0.3, 0.4) is 0 Å². The number of hydrogen-bond acceptors (Lipinski definition) is 4. The van der Waals surface area contributed by atoms with Crippen LogP contribution >= 0.6 is 0 Å². The van der Waals surface area contributed by atoms with Gasteiger partial charge in [0.2, 0.25) is 10.0 Å². The van der Waals surface area contributed by atoms with E-state index in [0.29, 0.717) is 31.5 Å². The van der Waals surface area contributed by atoms with Gasteiger partial charge in [-0.3, -0.25) is 0 Å². The van der Waals surface area contributed by atoms with E-state index in [1.54, 1.807) is 11.4 Å². The number of methoxy groups -OCH3 is 1. The SMILES string of the molecule is COCCN(C(C)C1CC1)S(=O)(=O)CCCCNC(C)C. The second-order valence-corrected chi connectivity index (χ2v) is 8.35. The van der Waals surface area contributed by atoms with Crippen LogP contribution in [0.15, 0.2) is 0 Å². The third kappa shape index (κ3) is 7.08. The minimum absolute atomic E-state index is 0.110. The molecule has 0 amide bonds. The summed E-state index contributed by atoms with van der Waals surface area (Å²) >= 11 is 0. The lowest BCUT2D eigenvalue weighted by Crippen LogP contribution is -2.43. The molecule has 0 aliphatic heterocycles. The van der Waals surface area contributed by atoms with Gasteiger partial charge in [-0.2, -0.15) is 4.31 Å². The lowest BCUT2D eigenvalue weighted by Gasteiger charge is -2.28. The highest BCUT2D eigenvalue weighted by Crippen LogP contribution is 2.36. The minimum atomic E-state index is -3.17. The Hall–Kier alpha value is -0.170. The molecule has 1 unspecified atom stereocenters. The first kappa shape index (κ1) is 18.9. The summed E-state index contributed by atoms with van der Waals surface area (Å²) in [5, 5.41) is 3.32. The molecule has 0 aromatic rings. The third-order valence-electron chi connectivity index (χ3n) is 4.01. The van der Waals surface area contributed by atoms with Crippen LogP contribution in [0.5, 0.6) is 0 Å². The fraction of sp³-hybridized carbons (Fsp3) is 1.00. The zero-order chi connectivity index (χ0) is 15.9. The van der Waals surface area contributed by atoms with Crippen LogP contribution in [0.2, 0.25) is 0 Å². The lowest BCUT2D eigenvalue weighted by atomic mass is 10.2. The van der Waals surface area contributed by atoms with E-state index < -0.39 is 10.0 Å². The zero-order valence-corrected chi connectivity index (χ0v) is 14.8. The van der Waals surface area contributed by atoms with Gasteiger partial charge in [-0.25, -0.2) is 8.42 Å². The summed E-state index contributed by atoms with van der Waals surface area (Å²) in [5.41, 5.74) is 0. The summed E-state index contributed by atoms with van der Waals surface area (Å²) in [4.78, 5) is 0. The van der Waals surface area contributed by atoms with Gasteiger partial charge in [-0.05, 0) is 45.1 Å². The average Bonchev–Trinajstić information content (AvgIpc) is 3.22. The average molecular weight is 320 g/mol. The van der Waals surface area contributed by atoms with Crippen molar-refractivity contribution >= 4 is 10.0 Å². The topological polar surface area (TPSA) is 58.6 Å². The molecule has 0 spiro atoms. The molecule has 1 aliphatic rings. The highest BCUT2D eigenvalue weighted by atomic mass is 32.2. The Kier molecular flexibility index (Phi) is 8.16. The van der Waals surface area contributed by atoms with Crippen molar-refractivity contribution in [1.29, 1.82) is 0 Å². The quantitative estimate of drug-likeness (QED) is 0.558. The molecule has 5 nitrogen and oxygen atoms in total. The van der Waals surface area contributed by atoms with Crippen molar-refractivity contribution in [3.8, 4) is 0 Å². The van der Waals surface area contributed by atoms with Crippen LogP contribution < -0.4 is 5.32 Å². The first-order chi connectivity index (χ1) is 9.88. The number of sulfonamides is 1. The molecule has 6 heteroatoms. The zero-order valence-electron chi connectivity index (χ0n) is 14.0. The van der Waals surface area contributed by atoms with Crippen molar-refractivity contribution in [3.05, 3.63) is 0 Å². The number of nitrogens with zero attached hydrogens (tertiary/aromatic N) is 1. The second kappa shape index (κ2) is 9.08. The van der Waals surface area contributed by atoms with Crippen molar-refractivity contribution in [3.63, 3.8) is 0 Å². The van der Waals surface area contributed by atoms with Crippen molar-refractivity contribution in [1.82, 2.24) is 9.62 Å². The number of unbranched alkanes of at least 4 members (excludes halogenated alkanes) is 1. The van der Waals surface area contributed by atoms with Gasteiger partial charge in [0, 0.05) is 25.7 Å². The fourth-order valence-corrected chi connectivity index (χ4v) is 4.34. The maximum absolute atomic E-state index is 12.6. The largest absolute Gasteiger partial charge is 0.383 e. The van der Waals surface area contributed by atoms with Gasteiger partial charge < -0.3 is 10.1 Å². The second-order valence-electron chi connectivity index (χ2n) is 6.31. The van der Waals surface area contributed by atoms with Gasteiger partial charge in [0.15, 0.2) is 0 Å². The molecule has 1 fully saturated rings. The molecule has 0 aromatic carbocycles. The standard InChI is InChI=1S/C15H32N2O3S/c1-13(2)16-9-5-6-12-21(18,19)17(10-11-20-4)14(3)15-7-8-15/h13-16H,5-12H2,1-4H3. The molecular weight excluding hydrogens is 288 g/mol. The van der Waals surface area contributed by atoms with Gasteiger partial charge in [-0.1, -0.05) is 13.8 Å². The summed E-state index contributed by atoms with van der Waals surface area (Å²) < 4.78 is 31.9. The molecule has 0 saturated heterocycles. The molecule has 0 aromatic heterocycles. The molecular formula is C15H32N2O3S. The van der Waals surface area contributed by atoms with Crippen LogP contribution in [0.25, 0.3) is 0 Å². The van der Waals surface area contributed by atoms with E-state index in [2.05, 4.69) is 19.2 Å². The van der Waals surface area contributed by atoms with Gasteiger partial charge in [0.1, 0.15) is 0 Å². The molecule has 0 bridgehead atoms. The van der Waals surface area contributed by atoms with Crippen molar-refractivity contribution in [2.75, 3.05) is 32.6 Å². The highest BCUT2D eigenvalue weighted by molar-refractivity contribution is 7.89. The smallest absolute Gasteiger partial charge is 0.214 e. The van der Waals surface area contributed by atoms with Crippen molar-refractivity contribution in [2.45, 2.75) is 58.5 Å². The maximum atomic E-state index is 12.6. The summed E-state index contributed by atoms with van der Waals surface area (Å²) in [6.45, 7) is 8.04. The Morgan fingerprint density at radius 3 is 2.43 bits per heavy atom. The fourth-order valence-electron chi connectivity index (χ4n) is 2.51. The molecule has 1 aliphatic carbocycles. The lowest BCUT2D eigenvalue weighted by molar-refractivity contribution is 0.164. The molecule has 1 atom stereocenters. The van der Waals surface area contributed by atoms with E-state index in [0.717, 1.165) is 25.8 Å². The molecule has 21 heavy (non-hydrogen) atoms. The minimum Gasteiger partial charge on any atom is -0.383 e. The monoisotopic (exact) mass is 320 g/mol. The summed E-state index contributed by atoms with van der Waals surface area (Å²) in [7, 11) is -1.56. The Morgan fingerprint density at radius 2 is 1.90 bits per heavy atom. The molecule has 1 saturated carbocycles. The Labute approximate surface area is 130 Å². The first-order valence-corrected chi connectivity index (χ1v) is 9.71. The summed E-state index contributed by atoms with van der Waals surface area (Å²) in [6, 6.07) is 0.564. The van der Waals surface area contributed by atoms with E-state index in [1.807, 2.05) is 6.92 Å². The van der Waals surface area contributed by atoms with Gasteiger partial charge in [-0.15, -0.1) is 0 Å². The maximum Gasteiger partial charge on any atom is 0.214 e. The van der Waals surface area contributed by atoms with Gasteiger partial charge >= 0.3 is 0 Å². The van der Waals surface area contributed by atoms with E-state index in [4.69, 9.17) is 4.74 Å². The van der Waals surface area contributed by atoms with E-state index >= 15 is 0 Å². The predicted octanol–water partition coefficient (Wildman–Crippen LogP) is 1.84. The molecule has 126 valence electrons. The predicted molar refractivity (Wildman–Crippen MR) is 86.9 cm³/mol. The highest BCUT2D eigenvalue weighted by Gasteiger charge is 2.36. The number of rotatable bonds is 12. The Balaban J connectivity index is 2.45. The number of ether oxygens (including phenoxy) is 1. The number of nitrogens with one attached hydrogen (secondary N) is 1. The van der Waals surface area contributed by atoms with Crippen LogP contribution in [0.4, 0.5) is 0 Å². The molecule has 0 heterocycles. The molecule has 1 rings (SSSR count). The van der Waals surface area contributed by atoms with Crippen molar-refractivity contribution < 1.29 is 13.2 Å². The Bertz CT molecular complexity index is 380.